The highest BCUT2D eigenvalue weighted by molar-refractivity contribution is 5.96. The van der Waals surface area contributed by atoms with Gasteiger partial charge in [-0.2, -0.15) is 0 Å². The molecule has 3 aromatic rings. The Morgan fingerprint density at radius 1 is 1.00 bits per heavy atom. The average molecular weight is 428 g/mol. The molecule has 0 fully saturated rings. The van der Waals surface area contributed by atoms with E-state index in [-0.39, 0.29) is 5.92 Å². The van der Waals surface area contributed by atoms with Crippen molar-refractivity contribution >= 4 is 16.7 Å². The second kappa shape index (κ2) is 9.27. The zero-order valence-corrected chi connectivity index (χ0v) is 19.5. The van der Waals surface area contributed by atoms with Gasteiger partial charge in [0, 0.05) is 31.9 Å². The van der Waals surface area contributed by atoms with Crippen molar-refractivity contribution in [1.29, 1.82) is 0 Å². The van der Waals surface area contributed by atoms with Crippen LogP contribution in [0.1, 0.15) is 18.4 Å². The summed E-state index contributed by atoms with van der Waals surface area (Å²) in [7, 11) is 8.13. The van der Waals surface area contributed by atoms with E-state index in [1.165, 1.54) is 0 Å². The zero-order valence-electron chi connectivity index (χ0n) is 19.5. The van der Waals surface area contributed by atoms with Gasteiger partial charge in [0.15, 0.2) is 0 Å². The van der Waals surface area contributed by atoms with Gasteiger partial charge in [-0.3, -0.25) is 0 Å². The van der Waals surface area contributed by atoms with E-state index >= 15 is 0 Å². The van der Waals surface area contributed by atoms with Gasteiger partial charge in [-0.15, -0.1) is 0 Å². The van der Waals surface area contributed by atoms with E-state index < -0.39 is 5.60 Å². The lowest BCUT2D eigenvalue weighted by atomic mass is 9.75. The number of hydrogen-bond acceptors (Lipinski definition) is 4. The van der Waals surface area contributed by atoms with Crippen molar-refractivity contribution in [3.05, 3.63) is 84.5 Å². The summed E-state index contributed by atoms with van der Waals surface area (Å²) in [4.78, 5) is 9.05. The maximum atomic E-state index is 12.1. The quantitative estimate of drug-likeness (QED) is 0.560. The number of hydrogen-bond donors (Lipinski definition) is 1. The molecule has 0 bridgehead atoms. The van der Waals surface area contributed by atoms with Gasteiger partial charge in [0.05, 0.1) is 11.1 Å². The molecule has 1 aliphatic rings. The van der Waals surface area contributed by atoms with E-state index in [2.05, 4.69) is 91.8 Å². The summed E-state index contributed by atoms with van der Waals surface area (Å²) in [5, 5.41) is 13.1. The van der Waals surface area contributed by atoms with Gasteiger partial charge in [0.2, 0.25) is 0 Å². The van der Waals surface area contributed by atoms with E-state index in [1.54, 1.807) is 0 Å². The smallest absolute Gasteiger partial charge is 0.129 e. The largest absolute Gasteiger partial charge is 0.384 e. The Balaban J connectivity index is 1.89. The number of allylic oxidation sites excluding steroid dienone is 3. The van der Waals surface area contributed by atoms with E-state index in [0.717, 1.165) is 46.4 Å². The standard InChI is InChI=1S/C28H33N3O/c1-30(2)18-17-28(32,22-13-9-6-10-14-22)23-15-16-26-25(19-23)24(20-27(29-26)31(3)4)21-11-7-5-8-12-21/h5-13,15-16,19-20,22,32H,14,17-18H2,1-4H3. The van der Waals surface area contributed by atoms with Crippen molar-refractivity contribution < 1.29 is 5.11 Å². The van der Waals surface area contributed by atoms with Crippen LogP contribution in [-0.2, 0) is 5.60 Å². The van der Waals surface area contributed by atoms with Gasteiger partial charge in [-0.25, -0.2) is 4.98 Å². The molecule has 4 nitrogen and oxygen atoms in total. The molecule has 0 aliphatic heterocycles. The van der Waals surface area contributed by atoms with Crippen LogP contribution in [0.15, 0.2) is 78.9 Å². The molecule has 1 N–H and O–H groups in total. The van der Waals surface area contributed by atoms with Crippen LogP contribution in [0, 0.1) is 5.92 Å². The molecular weight excluding hydrogens is 394 g/mol. The molecule has 2 aromatic carbocycles. The molecule has 2 atom stereocenters. The molecule has 4 rings (SSSR count). The maximum Gasteiger partial charge on any atom is 0.129 e. The van der Waals surface area contributed by atoms with Crippen LogP contribution in [0.3, 0.4) is 0 Å². The van der Waals surface area contributed by atoms with Crippen molar-refractivity contribution in [1.82, 2.24) is 9.88 Å². The highest BCUT2D eigenvalue weighted by Crippen LogP contribution is 2.40. The second-order valence-electron chi connectivity index (χ2n) is 9.15. The zero-order chi connectivity index (χ0) is 22.7. The number of aromatic nitrogens is 1. The minimum atomic E-state index is -0.950. The Labute approximate surface area is 191 Å². The van der Waals surface area contributed by atoms with Crippen LogP contribution in [0.4, 0.5) is 5.82 Å². The van der Waals surface area contributed by atoms with Crippen LogP contribution < -0.4 is 4.90 Å². The van der Waals surface area contributed by atoms with Gasteiger partial charge < -0.3 is 14.9 Å². The molecule has 1 aliphatic carbocycles. The molecule has 32 heavy (non-hydrogen) atoms. The predicted octanol–water partition coefficient (Wildman–Crippen LogP) is 5.24. The van der Waals surface area contributed by atoms with Gasteiger partial charge in [0.25, 0.3) is 0 Å². The number of fused-ring (bicyclic) bond motifs is 1. The second-order valence-corrected chi connectivity index (χ2v) is 9.15. The first-order chi connectivity index (χ1) is 15.4. The number of pyridine rings is 1. The van der Waals surface area contributed by atoms with E-state index in [9.17, 15) is 5.11 Å². The molecule has 0 spiro atoms. The highest BCUT2D eigenvalue weighted by Gasteiger charge is 2.37. The van der Waals surface area contributed by atoms with Gasteiger partial charge >= 0.3 is 0 Å². The summed E-state index contributed by atoms with van der Waals surface area (Å²) in [5.41, 5.74) is 3.22. The van der Waals surface area contributed by atoms with Crippen molar-refractivity contribution in [2.75, 3.05) is 39.6 Å². The van der Waals surface area contributed by atoms with Gasteiger partial charge in [-0.05, 0) is 61.8 Å². The number of nitrogens with zero attached hydrogens (tertiary/aromatic N) is 3. The van der Waals surface area contributed by atoms with Crippen LogP contribution in [-0.4, -0.2) is 49.7 Å². The Morgan fingerprint density at radius 2 is 1.78 bits per heavy atom. The lowest BCUT2D eigenvalue weighted by Crippen LogP contribution is -2.37. The van der Waals surface area contributed by atoms with Crippen molar-refractivity contribution in [2.45, 2.75) is 18.4 Å². The molecule has 0 amide bonds. The predicted molar refractivity (Wildman–Crippen MR) is 135 cm³/mol. The monoisotopic (exact) mass is 427 g/mol. The number of aliphatic hydroxyl groups is 1. The van der Waals surface area contributed by atoms with Crippen molar-refractivity contribution in [3.8, 4) is 11.1 Å². The first kappa shape index (κ1) is 22.3. The first-order valence-corrected chi connectivity index (χ1v) is 11.3. The molecule has 0 radical (unpaired) electrons. The molecule has 0 saturated heterocycles. The Hall–Kier alpha value is -2.95. The van der Waals surface area contributed by atoms with Crippen molar-refractivity contribution in [3.63, 3.8) is 0 Å². The summed E-state index contributed by atoms with van der Waals surface area (Å²) < 4.78 is 0. The Bertz CT molecular complexity index is 1130. The fraction of sp³-hybridized carbons (Fsp3) is 0.321. The summed E-state index contributed by atoms with van der Waals surface area (Å²) in [5.74, 6) is 0.964. The average Bonchev–Trinajstić information content (AvgIpc) is 2.82. The minimum absolute atomic E-state index is 0.0408. The molecular formula is C28H33N3O. The van der Waals surface area contributed by atoms with E-state index in [4.69, 9.17) is 4.98 Å². The van der Waals surface area contributed by atoms with Crippen LogP contribution in [0.5, 0.6) is 0 Å². The van der Waals surface area contributed by atoms with Gasteiger partial charge in [-0.1, -0.05) is 60.7 Å². The Morgan fingerprint density at radius 3 is 2.44 bits per heavy atom. The van der Waals surface area contributed by atoms with Gasteiger partial charge in [0.1, 0.15) is 5.82 Å². The molecule has 1 aromatic heterocycles. The summed E-state index contributed by atoms with van der Waals surface area (Å²) >= 11 is 0. The lowest BCUT2D eigenvalue weighted by molar-refractivity contribution is -0.0185. The minimum Gasteiger partial charge on any atom is -0.384 e. The summed E-state index contributed by atoms with van der Waals surface area (Å²) in [6.45, 7) is 0.811. The van der Waals surface area contributed by atoms with Crippen molar-refractivity contribution in [2.24, 2.45) is 5.92 Å². The third-order valence-corrected chi connectivity index (χ3v) is 6.37. The third-order valence-electron chi connectivity index (χ3n) is 6.37. The fourth-order valence-electron chi connectivity index (χ4n) is 4.44. The first-order valence-electron chi connectivity index (χ1n) is 11.3. The Kier molecular flexibility index (Phi) is 6.45. The number of benzene rings is 2. The summed E-state index contributed by atoms with van der Waals surface area (Å²) in [6, 6.07) is 18.9. The number of anilines is 1. The normalized spacial score (nSPS) is 17.6. The molecule has 2 unspecified atom stereocenters. The summed E-state index contributed by atoms with van der Waals surface area (Å²) in [6.07, 6.45) is 9.90. The third kappa shape index (κ3) is 4.47. The van der Waals surface area contributed by atoms with Crippen LogP contribution in [0.25, 0.3) is 22.0 Å². The van der Waals surface area contributed by atoms with Crippen LogP contribution in [0.2, 0.25) is 0 Å². The molecule has 166 valence electrons. The molecule has 0 saturated carbocycles. The maximum absolute atomic E-state index is 12.1. The van der Waals surface area contributed by atoms with E-state index in [0.29, 0.717) is 6.42 Å². The lowest BCUT2D eigenvalue weighted by Gasteiger charge is -2.37. The topological polar surface area (TPSA) is 39.6 Å². The molecule has 1 heterocycles. The fourth-order valence-corrected chi connectivity index (χ4v) is 4.44. The SMILES string of the molecule is CN(C)CCC(O)(c1ccc2nc(N(C)C)cc(-c3ccccc3)c2c1)C1C=CC=CC1. The van der Waals surface area contributed by atoms with Crippen LogP contribution >= 0.6 is 0 Å². The molecule has 4 heteroatoms. The highest BCUT2D eigenvalue weighted by atomic mass is 16.3. The number of rotatable bonds is 7. The van der Waals surface area contributed by atoms with E-state index in [1.807, 2.05) is 25.1 Å².